The van der Waals surface area contributed by atoms with Gasteiger partial charge in [0.15, 0.2) is 0 Å². The predicted octanol–water partition coefficient (Wildman–Crippen LogP) is 2.13. The molecule has 2 saturated heterocycles. The Balaban J connectivity index is 1.20. The molecule has 1 unspecified atom stereocenters. The van der Waals surface area contributed by atoms with E-state index in [-0.39, 0.29) is 0 Å². The van der Waals surface area contributed by atoms with Gasteiger partial charge in [-0.1, -0.05) is 23.3 Å². The van der Waals surface area contributed by atoms with Crippen LogP contribution in [0.3, 0.4) is 0 Å². The van der Waals surface area contributed by atoms with Crippen molar-refractivity contribution in [2.24, 2.45) is 5.92 Å². The molecule has 0 N–H and O–H groups in total. The fourth-order valence-electron chi connectivity index (χ4n) is 4.81. The van der Waals surface area contributed by atoms with Gasteiger partial charge in [-0.3, -0.25) is 0 Å². The van der Waals surface area contributed by atoms with Crippen molar-refractivity contribution in [1.29, 1.82) is 0 Å². The highest BCUT2D eigenvalue weighted by molar-refractivity contribution is 5.58. The standard InChI is InChI=1S/C20H28N6O/c1-2-4-19-17(3-1)6-12-25(19)18-7-10-24(11-8-18)20-21-22-23-26(20)13-5-16-9-14-27-15-16/h1-4,16,18H,5-15H2. The van der Waals surface area contributed by atoms with Crippen molar-refractivity contribution in [2.75, 3.05) is 42.6 Å². The normalized spacial score (nSPS) is 23.2. The number of para-hydroxylation sites is 1. The lowest BCUT2D eigenvalue weighted by atomic mass is 10.0. The van der Waals surface area contributed by atoms with E-state index in [9.17, 15) is 0 Å². The lowest BCUT2D eigenvalue weighted by Crippen LogP contribution is -2.45. The Labute approximate surface area is 160 Å². The Morgan fingerprint density at radius 2 is 1.96 bits per heavy atom. The third-order valence-corrected chi connectivity index (χ3v) is 6.40. The number of nitrogens with zero attached hydrogens (tertiary/aromatic N) is 6. The van der Waals surface area contributed by atoms with Gasteiger partial charge in [0.25, 0.3) is 0 Å². The Kier molecular flexibility index (Phi) is 4.69. The molecule has 0 spiro atoms. The van der Waals surface area contributed by atoms with Crippen molar-refractivity contribution in [2.45, 2.75) is 44.7 Å². The van der Waals surface area contributed by atoms with Crippen molar-refractivity contribution in [3.8, 4) is 0 Å². The topological polar surface area (TPSA) is 59.3 Å². The SMILES string of the molecule is c1ccc2c(c1)CCN2C1CCN(c2nnnn2CCC2CCOC2)CC1. The molecule has 1 atom stereocenters. The number of benzene rings is 1. The molecule has 27 heavy (non-hydrogen) atoms. The second-order valence-electron chi connectivity index (χ2n) is 8.01. The molecule has 1 aromatic heterocycles. The van der Waals surface area contributed by atoms with Crippen LogP contribution < -0.4 is 9.80 Å². The second-order valence-corrected chi connectivity index (χ2v) is 8.01. The third-order valence-electron chi connectivity index (χ3n) is 6.40. The Morgan fingerprint density at radius 1 is 1.07 bits per heavy atom. The molecule has 5 rings (SSSR count). The molecule has 2 fully saturated rings. The Morgan fingerprint density at radius 3 is 2.81 bits per heavy atom. The monoisotopic (exact) mass is 368 g/mol. The van der Waals surface area contributed by atoms with Gasteiger partial charge in [-0.05, 0) is 60.1 Å². The lowest BCUT2D eigenvalue weighted by Gasteiger charge is -2.38. The zero-order chi connectivity index (χ0) is 18.1. The highest BCUT2D eigenvalue weighted by Crippen LogP contribution is 2.32. The molecule has 3 aliphatic rings. The first kappa shape index (κ1) is 17.0. The maximum atomic E-state index is 5.48. The summed E-state index contributed by atoms with van der Waals surface area (Å²) in [5, 5.41) is 12.5. The minimum Gasteiger partial charge on any atom is -0.381 e. The average molecular weight is 368 g/mol. The summed E-state index contributed by atoms with van der Waals surface area (Å²) in [5.74, 6) is 1.59. The molecule has 4 heterocycles. The first-order valence-electron chi connectivity index (χ1n) is 10.3. The maximum Gasteiger partial charge on any atom is 0.245 e. The second kappa shape index (κ2) is 7.46. The molecular formula is C20H28N6O. The molecule has 1 aromatic carbocycles. The largest absolute Gasteiger partial charge is 0.381 e. The number of anilines is 2. The minimum atomic E-state index is 0.630. The van der Waals surface area contributed by atoms with Gasteiger partial charge < -0.3 is 14.5 Å². The van der Waals surface area contributed by atoms with Gasteiger partial charge in [-0.15, -0.1) is 0 Å². The van der Waals surface area contributed by atoms with Crippen LogP contribution in [0.25, 0.3) is 0 Å². The van der Waals surface area contributed by atoms with Crippen LogP contribution in [0, 0.1) is 5.92 Å². The van der Waals surface area contributed by atoms with Crippen molar-refractivity contribution < 1.29 is 4.74 Å². The molecule has 7 heteroatoms. The Hall–Kier alpha value is -2.15. The van der Waals surface area contributed by atoms with Gasteiger partial charge in [0.05, 0.1) is 0 Å². The molecule has 0 radical (unpaired) electrons. The van der Waals surface area contributed by atoms with Crippen molar-refractivity contribution in [3.63, 3.8) is 0 Å². The third kappa shape index (κ3) is 3.40. The first-order valence-corrected chi connectivity index (χ1v) is 10.3. The van der Waals surface area contributed by atoms with E-state index in [1.165, 1.54) is 24.1 Å². The summed E-state index contributed by atoms with van der Waals surface area (Å²) in [7, 11) is 0. The summed E-state index contributed by atoms with van der Waals surface area (Å²) < 4.78 is 7.47. The molecule has 7 nitrogen and oxygen atoms in total. The molecule has 144 valence electrons. The first-order chi connectivity index (χ1) is 13.4. The van der Waals surface area contributed by atoms with Crippen LogP contribution in [0.2, 0.25) is 0 Å². The molecular weight excluding hydrogens is 340 g/mol. The van der Waals surface area contributed by atoms with Crippen LogP contribution in [-0.4, -0.2) is 59.1 Å². The summed E-state index contributed by atoms with van der Waals surface area (Å²) in [5.41, 5.74) is 2.94. The number of fused-ring (bicyclic) bond motifs is 1. The number of rotatable bonds is 5. The van der Waals surface area contributed by atoms with Gasteiger partial charge in [0.1, 0.15) is 0 Å². The Bertz CT molecular complexity index is 763. The zero-order valence-corrected chi connectivity index (χ0v) is 15.8. The fraction of sp³-hybridized carbons (Fsp3) is 0.650. The van der Waals surface area contributed by atoms with Crippen LogP contribution >= 0.6 is 0 Å². The summed E-state index contributed by atoms with van der Waals surface area (Å²) in [4.78, 5) is 4.99. The summed E-state index contributed by atoms with van der Waals surface area (Å²) in [6.45, 7) is 5.88. The predicted molar refractivity (Wildman–Crippen MR) is 104 cm³/mol. The fourth-order valence-corrected chi connectivity index (χ4v) is 4.81. The van der Waals surface area contributed by atoms with Gasteiger partial charge in [0.2, 0.25) is 5.95 Å². The average Bonchev–Trinajstić information content (AvgIpc) is 3.46. The number of aryl methyl sites for hydroxylation is 1. The van der Waals surface area contributed by atoms with Crippen molar-refractivity contribution in [3.05, 3.63) is 29.8 Å². The van der Waals surface area contributed by atoms with E-state index in [1.807, 2.05) is 4.68 Å². The van der Waals surface area contributed by atoms with Crippen molar-refractivity contribution >= 4 is 11.6 Å². The number of aromatic nitrogens is 4. The molecule has 0 saturated carbocycles. The van der Waals surface area contributed by atoms with E-state index in [2.05, 4.69) is 49.6 Å². The van der Waals surface area contributed by atoms with Crippen LogP contribution in [-0.2, 0) is 17.7 Å². The lowest BCUT2D eigenvalue weighted by molar-refractivity contribution is 0.183. The van der Waals surface area contributed by atoms with Crippen LogP contribution in [0.4, 0.5) is 11.6 Å². The molecule has 3 aliphatic heterocycles. The van der Waals surface area contributed by atoms with Gasteiger partial charge >= 0.3 is 0 Å². The van der Waals surface area contributed by atoms with E-state index < -0.39 is 0 Å². The van der Waals surface area contributed by atoms with E-state index in [1.54, 1.807) is 0 Å². The van der Waals surface area contributed by atoms with Crippen LogP contribution in [0.1, 0.15) is 31.2 Å². The van der Waals surface area contributed by atoms with Gasteiger partial charge in [0, 0.05) is 51.1 Å². The number of hydrogen-bond donors (Lipinski definition) is 0. The van der Waals surface area contributed by atoms with Crippen LogP contribution in [0.5, 0.6) is 0 Å². The summed E-state index contributed by atoms with van der Waals surface area (Å²) in [6.07, 6.45) is 5.77. The highest BCUT2D eigenvalue weighted by Gasteiger charge is 2.30. The maximum absolute atomic E-state index is 5.48. The molecule has 0 bridgehead atoms. The van der Waals surface area contributed by atoms with E-state index in [0.717, 1.165) is 64.6 Å². The van der Waals surface area contributed by atoms with Crippen molar-refractivity contribution in [1.82, 2.24) is 20.2 Å². The summed E-state index contributed by atoms with van der Waals surface area (Å²) in [6, 6.07) is 9.50. The quantitative estimate of drug-likeness (QED) is 0.806. The number of ether oxygens (including phenoxy) is 1. The highest BCUT2D eigenvalue weighted by atomic mass is 16.5. The van der Waals surface area contributed by atoms with E-state index in [0.29, 0.717) is 12.0 Å². The minimum absolute atomic E-state index is 0.630. The zero-order valence-electron chi connectivity index (χ0n) is 15.8. The van der Waals surface area contributed by atoms with E-state index in [4.69, 9.17) is 4.74 Å². The molecule has 2 aromatic rings. The molecule has 0 aliphatic carbocycles. The summed E-state index contributed by atoms with van der Waals surface area (Å²) >= 11 is 0. The van der Waals surface area contributed by atoms with E-state index >= 15 is 0 Å². The van der Waals surface area contributed by atoms with Crippen LogP contribution in [0.15, 0.2) is 24.3 Å². The number of piperidine rings is 1. The van der Waals surface area contributed by atoms with Gasteiger partial charge in [-0.2, -0.15) is 0 Å². The smallest absolute Gasteiger partial charge is 0.245 e. The van der Waals surface area contributed by atoms with Gasteiger partial charge in [-0.25, -0.2) is 4.68 Å². The molecule has 0 amide bonds. The number of hydrogen-bond acceptors (Lipinski definition) is 6. The number of tetrazole rings is 1.